The maximum Gasteiger partial charge on any atom is 0.196 e. The van der Waals surface area contributed by atoms with Crippen molar-refractivity contribution in [2.75, 3.05) is 57.9 Å². The minimum Gasteiger partial charge on any atom is -0.490 e. The van der Waals surface area contributed by atoms with Gasteiger partial charge in [0, 0.05) is 37.8 Å². The van der Waals surface area contributed by atoms with Crippen LogP contribution in [0, 0.1) is 6.92 Å². The van der Waals surface area contributed by atoms with Crippen molar-refractivity contribution < 1.29 is 14.2 Å². The van der Waals surface area contributed by atoms with Crippen LogP contribution in [0.2, 0.25) is 0 Å². The molecular formula is C25H34N4O3. The molecule has 2 aromatic rings. The van der Waals surface area contributed by atoms with Crippen molar-refractivity contribution in [2.45, 2.75) is 26.3 Å². The van der Waals surface area contributed by atoms with Crippen molar-refractivity contribution in [1.29, 1.82) is 0 Å². The van der Waals surface area contributed by atoms with Gasteiger partial charge in [0.05, 0.1) is 33.0 Å². The number of guanidine groups is 1. The van der Waals surface area contributed by atoms with E-state index in [2.05, 4.69) is 46.7 Å². The van der Waals surface area contributed by atoms with Crippen LogP contribution >= 0.6 is 0 Å². The number of nitrogens with one attached hydrogen (secondary N) is 2. The number of fused-ring (bicyclic) bond motifs is 1. The maximum absolute atomic E-state index is 5.84. The van der Waals surface area contributed by atoms with Gasteiger partial charge in [0.25, 0.3) is 0 Å². The highest BCUT2D eigenvalue weighted by atomic mass is 16.5. The summed E-state index contributed by atoms with van der Waals surface area (Å²) in [5.74, 6) is 2.34. The Morgan fingerprint density at radius 3 is 2.66 bits per heavy atom. The van der Waals surface area contributed by atoms with Gasteiger partial charge in [-0.15, -0.1) is 0 Å². The number of rotatable bonds is 7. The smallest absolute Gasteiger partial charge is 0.196 e. The maximum atomic E-state index is 5.84. The highest BCUT2D eigenvalue weighted by molar-refractivity contribution is 5.94. The first-order valence-electron chi connectivity index (χ1n) is 11.6. The summed E-state index contributed by atoms with van der Waals surface area (Å²) in [6.45, 7) is 9.72. The third-order valence-corrected chi connectivity index (χ3v) is 5.73. The van der Waals surface area contributed by atoms with Crippen LogP contribution in [0.15, 0.2) is 47.5 Å². The van der Waals surface area contributed by atoms with Crippen molar-refractivity contribution in [2.24, 2.45) is 4.99 Å². The molecule has 0 aliphatic carbocycles. The second-order valence-corrected chi connectivity index (χ2v) is 8.16. The summed E-state index contributed by atoms with van der Waals surface area (Å²) in [6, 6.07) is 14.3. The normalized spacial score (nSPS) is 17.0. The first-order chi connectivity index (χ1) is 15.8. The van der Waals surface area contributed by atoms with Crippen LogP contribution in [0.3, 0.4) is 0 Å². The molecule has 1 fully saturated rings. The fourth-order valence-electron chi connectivity index (χ4n) is 3.80. The highest BCUT2D eigenvalue weighted by Crippen LogP contribution is 2.32. The van der Waals surface area contributed by atoms with E-state index in [0.29, 0.717) is 19.8 Å². The van der Waals surface area contributed by atoms with Gasteiger partial charge in [-0.25, -0.2) is 4.99 Å². The molecule has 4 rings (SSSR count). The van der Waals surface area contributed by atoms with Gasteiger partial charge in [-0.3, -0.25) is 4.90 Å². The van der Waals surface area contributed by atoms with Gasteiger partial charge in [0.2, 0.25) is 0 Å². The summed E-state index contributed by atoms with van der Waals surface area (Å²) in [6.07, 6.45) is 1.94. The van der Waals surface area contributed by atoms with Crippen LogP contribution in [0.5, 0.6) is 11.5 Å². The van der Waals surface area contributed by atoms with Gasteiger partial charge in [-0.05, 0) is 43.1 Å². The number of nitrogens with zero attached hydrogens (tertiary/aromatic N) is 2. The van der Waals surface area contributed by atoms with Crippen molar-refractivity contribution in [1.82, 2.24) is 10.2 Å². The number of ether oxygens (including phenoxy) is 3. The number of hydrogen-bond acceptors (Lipinski definition) is 5. The van der Waals surface area contributed by atoms with Gasteiger partial charge in [-0.2, -0.15) is 0 Å². The van der Waals surface area contributed by atoms with Gasteiger partial charge >= 0.3 is 0 Å². The summed E-state index contributed by atoms with van der Waals surface area (Å²) in [5.41, 5.74) is 3.40. The van der Waals surface area contributed by atoms with Crippen molar-refractivity contribution >= 4 is 11.6 Å². The van der Waals surface area contributed by atoms with Crippen molar-refractivity contribution in [3.8, 4) is 11.5 Å². The SMILES string of the molecule is Cc1ccccc1CN=C(NCCCN1CCOCC1)Nc1ccc2c(c1)OCCCO2. The van der Waals surface area contributed by atoms with Crippen molar-refractivity contribution in [3.05, 3.63) is 53.6 Å². The predicted molar refractivity (Wildman–Crippen MR) is 128 cm³/mol. The van der Waals surface area contributed by atoms with E-state index < -0.39 is 0 Å². The van der Waals surface area contributed by atoms with E-state index in [-0.39, 0.29) is 0 Å². The molecule has 0 saturated carbocycles. The van der Waals surface area contributed by atoms with E-state index >= 15 is 0 Å². The molecule has 2 heterocycles. The highest BCUT2D eigenvalue weighted by Gasteiger charge is 2.12. The van der Waals surface area contributed by atoms with Crippen LogP contribution in [0.1, 0.15) is 24.0 Å². The summed E-state index contributed by atoms with van der Waals surface area (Å²) in [4.78, 5) is 7.30. The Hall–Kier alpha value is -2.77. The van der Waals surface area contributed by atoms with Gasteiger partial charge in [0.15, 0.2) is 17.5 Å². The predicted octanol–water partition coefficient (Wildman–Crippen LogP) is 3.44. The summed E-state index contributed by atoms with van der Waals surface area (Å²) < 4.78 is 17.0. The van der Waals surface area contributed by atoms with Crippen molar-refractivity contribution in [3.63, 3.8) is 0 Å². The van der Waals surface area contributed by atoms with E-state index in [1.165, 1.54) is 11.1 Å². The lowest BCUT2D eigenvalue weighted by atomic mass is 10.1. The molecule has 32 heavy (non-hydrogen) atoms. The summed E-state index contributed by atoms with van der Waals surface area (Å²) >= 11 is 0. The molecule has 2 aliphatic heterocycles. The van der Waals surface area contributed by atoms with Crippen LogP contribution in [-0.2, 0) is 11.3 Å². The second kappa shape index (κ2) is 11.7. The lowest BCUT2D eigenvalue weighted by Gasteiger charge is -2.26. The third-order valence-electron chi connectivity index (χ3n) is 5.73. The lowest BCUT2D eigenvalue weighted by molar-refractivity contribution is 0.0376. The Balaban J connectivity index is 1.40. The van der Waals surface area contributed by atoms with E-state index in [0.717, 1.165) is 75.4 Å². The third kappa shape index (κ3) is 6.61. The Bertz CT molecular complexity index is 897. The number of anilines is 1. The number of aryl methyl sites for hydroxylation is 1. The molecule has 2 aromatic carbocycles. The average molecular weight is 439 g/mol. The molecule has 0 unspecified atom stereocenters. The molecule has 0 radical (unpaired) electrons. The molecule has 1 saturated heterocycles. The Morgan fingerprint density at radius 2 is 1.81 bits per heavy atom. The first-order valence-corrected chi connectivity index (χ1v) is 11.6. The van der Waals surface area contributed by atoms with Gasteiger partial charge in [0.1, 0.15) is 0 Å². The summed E-state index contributed by atoms with van der Waals surface area (Å²) in [7, 11) is 0. The van der Waals surface area contributed by atoms with E-state index in [1.54, 1.807) is 0 Å². The molecular weight excluding hydrogens is 404 g/mol. The first kappa shape index (κ1) is 22.4. The molecule has 0 atom stereocenters. The number of hydrogen-bond donors (Lipinski definition) is 2. The van der Waals surface area contributed by atoms with Crippen LogP contribution in [-0.4, -0.2) is 63.5 Å². The molecule has 172 valence electrons. The van der Waals surface area contributed by atoms with Crippen LogP contribution in [0.4, 0.5) is 5.69 Å². The largest absolute Gasteiger partial charge is 0.490 e. The van der Waals surface area contributed by atoms with Gasteiger partial charge < -0.3 is 24.8 Å². The average Bonchev–Trinajstić information content (AvgIpc) is 3.07. The Labute approximate surface area is 190 Å². The molecule has 2 aliphatic rings. The molecule has 0 aromatic heterocycles. The monoisotopic (exact) mass is 438 g/mol. The standard InChI is InChI=1S/C25H34N4O3/c1-20-6-2-3-7-21(20)19-27-25(26-10-4-11-29-12-16-30-17-13-29)28-22-8-9-23-24(18-22)32-15-5-14-31-23/h2-3,6-9,18H,4-5,10-17,19H2,1H3,(H2,26,27,28). The minimum absolute atomic E-state index is 0.621. The Morgan fingerprint density at radius 1 is 1.00 bits per heavy atom. The molecule has 7 heteroatoms. The topological polar surface area (TPSA) is 67.4 Å². The minimum atomic E-state index is 0.621. The molecule has 0 bridgehead atoms. The zero-order valence-corrected chi connectivity index (χ0v) is 18.9. The summed E-state index contributed by atoms with van der Waals surface area (Å²) in [5, 5.41) is 6.95. The number of morpholine rings is 1. The second-order valence-electron chi connectivity index (χ2n) is 8.16. The lowest BCUT2D eigenvalue weighted by Crippen LogP contribution is -2.39. The number of aliphatic imine (C=N–C) groups is 1. The molecule has 7 nitrogen and oxygen atoms in total. The van der Waals surface area contributed by atoms with Crippen LogP contribution in [0.25, 0.3) is 0 Å². The van der Waals surface area contributed by atoms with E-state index in [4.69, 9.17) is 19.2 Å². The van der Waals surface area contributed by atoms with Gasteiger partial charge in [-0.1, -0.05) is 24.3 Å². The van der Waals surface area contributed by atoms with Crippen LogP contribution < -0.4 is 20.1 Å². The fourth-order valence-corrected chi connectivity index (χ4v) is 3.80. The quantitative estimate of drug-likeness (QED) is 0.392. The number of benzene rings is 2. The molecule has 0 spiro atoms. The van der Waals surface area contributed by atoms with E-state index in [1.807, 2.05) is 18.2 Å². The zero-order valence-electron chi connectivity index (χ0n) is 18.9. The zero-order chi connectivity index (χ0) is 22.0. The Kier molecular flexibility index (Phi) is 8.23. The molecule has 0 amide bonds. The fraction of sp³-hybridized carbons (Fsp3) is 0.480. The van der Waals surface area contributed by atoms with E-state index in [9.17, 15) is 0 Å². The molecule has 2 N–H and O–H groups in total.